The van der Waals surface area contributed by atoms with Gasteiger partial charge >= 0.3 is 12.1 Å². The molecule has 0 N–H and O–H groups in total. The van der Waals surface area contributed by atoms with Gasteiger partial charge in [0.25, 0.3) is 0 Å². The quantitative estimate of drug-likeness (QED) is 0.430. The summed E-state index contributed by atoms with van der Waals surface area (Å²) in [5.74, 6) is -3.28. The minimum Gasteiger partial charge on any atom is -0.457 e. The number of halogens is 4. The highest BCUT2D eigenvalue weighted by atomic mass is 19.4. The van der Waals surface area contributed by atoms with Gasteiger partial charge < -0.3 is 9.64 Å². The van der Waals surface area contributed by atoms with Crippen LogP contribution in [-0.4, -0.2) is 30.8 Å². The van der Waals surface area contributed by atoms with E-state index < -0.39 is 47.7 Å². The number of rotatable bonds is 5. The van der Waals surface area contributed by atoms with Gasteiger partial charge in [-0.1, -0.05) is 6.07 Å². The molecule has 1 aliphatic rings. The number of alkyl halides is 3. The standard InChI is InChI=1S/C20H15F4NO4/c21-15-6-4-12(5-7-15)17(26)11-29-19(28)13-8-18(27)25(10-13)16-3-1-2-14(9-16)20(22,23)24/h1-7,9,13H,8,10-11H2/t13-/m0/s1. The van der Waals surface area contributed by atoms with Crippen LogP contribution in [0.25, 0.3) is 0 Å². The lowest BCUT2D eigenvalue weighted by molar-refractivity contribution is -0.147. The summed E-state index contributed by atoms with van der Waals surface area (Å²) in [4.78, 5) is 37.4. The van der Waals surface area contributed by atoms with Crippen molar-refractivity contribution in [3.05, 3.63) is 65.5 Å². The molecule has 0 spiro atoms. The number of hydrogen-bond donors (Lipinski definition) is 0. The van der Waals surface area contributed by atoms with E-state index in [1.807, 2.05) is 0 Å². The Morgan fingerprint density at radius 1 is 1.10 bits per heavy atom. The maximum absolute atomic E-state index is 12.9. The van der Waals surface area contributed by atoms with Crippen LogP contribution in [0.15, 0.2) is 48.5 Å². The van der Waals surface area contributed by atoms with Gasteiger partial charge in [-0.3, -0.25) is 14.4 Å². The summed E-state index contributed by atoms with van der Waals surface area (Å²) in [6, 6.07) is 8.94. The van der Waals surface area contributed by atoms with Crippen LogP contribution in [-0.2, 0) is 20.5 Å². The molecule has 0 radical (unpaired) electrons. The highest BCUT2D eigenvalue weighted by molar-refractivity contribution is 6.01. The summed E-state index contributed by atoms with van der Waals surface area (Å²) in [5, 5.41) is 0. The van der Waals surface area contributed by atoms with Crippen LogP contribution >= 0.6 is 0 Å². The lowest BCUT2D eigenvalue weighted by atomic mass is 10.1. The summed E-state index contributed by atoms with van der Waals surface area (Å²) < 4.78 is 56.4. The lowest BCUT2D eigenvalue weighted by Crippen LogP contribution is -2.27. The van der Waals surface area contributed by atoms with Crippen molar-refractivity contribution in [2.45, 2.75) is 12.6 Å². The molecule has 29 heavy (non-hydrogen) atoms. The Labute approximate surface area is 162 Å². The first kappa shape index (κ1) is 20.5. The first-order valence-electron chi connectivity index (χ1n) is 8.58. The number of hydrogen-bond acceptors (Lipinski definition) is 4. The molecular weight excluding hydrogens is 394 g/mol. The third-order valence-electron chi connectivity index (χ3n) is 4.46. The van der Waals surface area contributed by atoms with Crippen LogP contribution in [0, 0.1) is 11.7 Å². The molecule has 1 amide bonds. The average molecular weight is 409 g/mol. The molecule has 0 unspecified atom stereocenters. The molecule has 0 aromatic heterocycles. The Balaban J connectivity index is 1.62. The summed E-state index contributed by atoms with van der Waals surface area (Å²) in [7, 11) is 0. The molecule has 0 saturated carbocycles. The predicted molar refractivity (Wildman–Crippen MR) is 93.6 cm³/mol. The van der Waals surface area contributed by atoms with Crippen LogP contribution in [0.1, 0.15) is 22.3 Å². The molecule has 2 aromatic carbocycles. The van der Waals surface area contributed by atoms with E-state index in [-0.39, 0.29) is 24.2 Å². The number of carbonyl (C=O) groups excluding carboxylic acids is 3. The van der Waals surface area contributed by atoms with Crippen molar-refractivity contribution < 1.29 is 36.7 Å². The number of amides is 1. The molecule has 1 heterocycles. The summed E-state index contributed by atoms with van der Waals surface area (Å²) in [6.07, 6.45) is -4.79. The molecule has 152 valence electrons. The molecule has 0 bridgehead atoms. The van der Waals surface area contributed by atoms with Crippen molar-refractivity contribution in [1.29, 1.82) is 0 Å². The van der Waals surface area contributed by atoms with E-state index in [2.05, 4.69) is 0 Å². The molecular formula is C20H15F4NO4. The number of ether oxygens (including phenoxy) is 1. The fourth-order valence-corrected chi connectivity index (χ4v) is 2.94. The minimum absolute atomic E-state index is 0.0301. The van der Waals surface area contributed by atoms with Crippen LogP contribution in [0.5, 0.6) is 0 Å². The van der Waals surface area contributed by atoms with Gasteiger partial charge in [0.2, 0.25) is 5.91 Å². The van der Waals surface area contributed by atoms with E-state index in [9.17, 15) is 31.9 Å². The van der Waals surface area contributed by atoms with E-state index >= 15 is 0 Å². The van der Waals surface area contributed by atoms with Crippen LogP contribution in [0.2, 0.25) is 0 Å². The predicted octanol–water partition coefficient (Wildman–Crippen LogP) is 3.62. The number of benzene rings is 2. The van der Waals surface area contributed by atoms with Crippen molar-refractivity contribution in [3.8, 4) is 0 Å². The zero-order valence-corrected chi connectivity index (χ0v) is 14.9. The first-order valence-corrected chi connectivity index (χ1v) is 8.58. The molecule has 5 nitrogen and oxygen atoms in total. The molecule has 0 aliphatic carbocycles. The molecule has 1 aliphatic heterocycles. The highest BCUT2D eigenvalue weighted by Crippen LogP contribution is 2.33. The van der Waals surface area contributed by atoms with E-state index in [0.29, 0.717) is 0 Å². The van der Waals surface area contributed by atoms with Gasteiger partial charge in [-0.05, 0) is 42.5 Å². The van der Waals surface area contributed by atoms with Gasteiger partial charge in [-0.2, -0.15) is 13.2 Å². The topological polar surface area (TPSA) is 63.7 Å². The monoisotopic (exact) mass is 409 g/mol. The Morgan fingerprint density at radius 3 is 2.45 bits per heavy atom. The maximum Gasteiger partial charge on any atom is 0.416 e. The van der Waals surface area contributed by atoms with Gasteiger partial charge in [0, 0.05) is 24.2 Å². The first-order chi connectivity index (χ1) is 13.6. The zero-order valence-electron chi connectivity index (χ0n) is 14.9. The summed E-state index contributed by atoms with van der Waals surface area (Å²) in [5.41, 5.74) is -0.714. The second-order valence-corrected chi connectivity index (χ2v) is 6.49. The molecule has 1 saturated heterocycles. The van der Waals surface area contributed by atoms with Crippen molar-refractivity contribution in [3.63, 3.8) is 0 Å². The third-order valence-corrected chi connectivity index (χ3v) is 4.46. The van der Waals surface area contributed by atoms with Crippen molar-refractivity contribution in [2.24, 2.45) is 5.92 Å². The van der Waals surface area contributed by atoms with Gasteiger partial charge in [0.05, 0.1) is 11.5 Å². The van der Waals surface area contributed by atoms with Gasteiger partial charge in [0.15, 0.2) is 12.4 Å². The molecule has 1 atom stereocenters. The largest absolute Gasteiger partial charge is 0.457 e. The van der Waals surface area contributed by atoms with Crippen LogP contribution < -0.4 is 4.90 Å². The number of esters is 1. The van der Waals surface area contributed by atoms with Gasteiger partial charge in [0.1, 0.15) is 5.82 Å². The normalized spacial score (nSPS) is 16.8. The van der Waals surface area contributed by atoms with Gasteiger partial charge in [-0.25, -0.2) is 4.39 Å². The summed E-state index contributed by atoms with van der Waals surface area (Å²) >= 11 is 0. The van der Waals surface area contributed by atoms with Crippen molar-refractivity contribution >= 4 is 23.3 Å². The summed E-state index contributed by atoms with van der Waals surface area (Å²) in [6.45, 7) is -0.734. The smallest absolute Gasteiger partial charge is 0.416 e. The number of anilines is 1. The Morgan fingerprint density at radius 2 is 1.79 bits per heavy atom. The fourth-order valence-electron chi connectivity index (χ4n) is 2.94. The molecule has 3 rings (SSSR count). The van der Waals surface area contributed by atoms with Crippen molar-refractivity contribution in [1.82, 2.24) is 0 Å². The van der Waals surface area contributed by atoms with E-state index in [1.165, 1.54) is 24.3 Å². The molecule has 1 fully saturated rings. The lowest BCUT2D eigenvalue weighted by Gasteiger charge is -2.18. The molecule has 2 aromatic rings. The SMILES string of the molecule is O=C(COC(=O)[C@H]1CC(=O)N(c2cccc(C(F)(F)F)c2)C1)c1ccc(F)cc1. The molecule has 9 heteroatoms. The number of Topliss-reactive ketones (excluding diaryl/α,β-unsaturated/α-hetero) is 1. The van der Waals surface area contributed by atoms with E-state index in [1.54, 1.807) is 0 Å². The minimum atomic E-state index is -4.56. The number of carbonyl (C=O) groups is 3. The second kappa shape index (κ2) is 8.02. The fraction of sp³-hybridized carbons (Fsp3) is 0.250. The van der Waals surface area contributed by atoms with E-state index in [0.717, 1.165) is 29.2 Å². The number of nitrogens with zero attached hydrogens (tertiary/aromatic N) is 1. The Kier molecular flexibility index (Phi) is 5.67. The maximum atomic E-state index is 12.9. The zero-order chi connectivity index (χ0) is 21.2. The van der Waals surface area contributed by atoms with Crippen molar-refractivity contribution in [2.75, 3.05) is 18.1 Å². The van der Waals surface area contributed by atoms with Crippen LogP contribution in [0.3, 0.4) is 0 Å². The number of ketones is 1. The Bertz CT molecular complexity index is 940. The second-order valence-electron chi connectivity index (χ2n) is 6.49. The average Bonchev–Trinajstić information content (AvgIpc) is 3.07. The van der Waals surface area contributed by atoms with E-state index in [4.69, 9.17) is 4.74 Å². The Hall–Kier alpha value is -3.23. The van der Waals surface area contributed by atoms with Gasteiger partial charge in [-0.15, -0.1) is 0 Å². The highest BCUT2D eigenvalue weighted by Gasteiger charge is 2.37. The van der Waals surface area contributed by atoms with Crippen LogP contribution in [0.4, 0.5) is 23.2 Å². The third kappa shape index (κ3) is 4.79.